The molecule has 1 aliphatic carbocycles. The fourth-order valence-electron chi connectivity index (χ4n) is 4.03. The number of anilines is 1. The van der Waals surface area contributed by atoms with E-state index in [0.717, 1.165) is 4.90 Å². The predicted molar refractivity (Wildman–Crippen MR) is 86.4 cm³/mol. The lowest BCUT2D eigenvalue weighted by Gasteiger charge is -2.44. The molecule has 0 unspecified atom stereocenters. The second kappa shape index (κ2) is 5.27. The molecule has 4 atom stereocenters. The number of hydrogen-bond donors (Lipinski definition) is 0. The zero-order chi connectivity index (χ0) is 17.9. The summed E-state index contributed by atoms with van der Waals surface area (Å²) in [6, 6.07) is 5.71. The maximum atomic E-state index is 12.9. The van der Waals surface area contributed by atoms with Crippen molar-refractivity contribution < 1.29 is 23.9 Å². The van der Waals surface area contributed by atoms with Crippen LogP contribution in [0.1, 0.15) is 10.4 Å². The average Bonchev–Trinajstić information content (AvgIpc) is 2.90. The summed E-state index contributed by atoms with van der Waals surface area (Å²) in [5.74, 6) is -3.07. The molecular formula is C18H16N2O5. The van der Waals surface area contributed by atoms with Gasteiger partial charge in [0.05, 0.1) is 42.2 Å². The van der Waals surface area contributed by atoms with Gasteiger partial charge >= 0.3 is 5.97 Å². The number of ether oxygens (including phenoxy) is 1. The number of carbonyl (C=O) groups is 4. The highest BCUT2D eigenvalue weighted by molar-refractivity contribution is 6.24. The Morgan fingerprint density at radius 3 is 2.24 bits per heavy atom. The van der Waals surface area contributed by atoms with Gasteiger partial charge in [0.15, 0.2) is 0 Å². The molecule has 2 fully saturated rings. The van der Waals surface area contributed by atoms with Crippen LogP contribution in [0.25, 0.3) is 0 Å². The van der Waals surface area contributed by atoms with Crippen molar-refractivity contribution in [2.75, 3.05) is 19.1 Å². The molecule has 128 valence electrons. The van der Waals surface area contributed by atoms with Crippen LogP contribution in [0.2, 0.25) is 0 Å². The lowest BCUT2D eigenvalue weighted by Crippen LogP contribution is -2.57. The molecule has 1 aromatic carbocycles. The van der Waals surface area contributed by atoms with Gasteiger partial charge in [-0.25, -0.2) is 9.69 Å². The van der Waals surface area contributed by atoms with Crippen LogP contribution in [0.3, 0.4) is 0 Å². The summed E-state index contributed by atoms with van der Waals surface area (Å²) in [6.07, 6.45) is 3.57. The Balaban J connectivity index is 1.70. The minimum absolute atomic E-state index is 0.127. The van der Waals surface area contributed by atoms with Crippen molar-refractivity contribution in [3.63, 3.8) is 0 Å². The fourth-order valence-corrected chi connectivity index (χ4v) is 4.03. The first-order valence-electron chi connectivity index (χ1n) is 7.97. The van der Waals surface area contributed by atoms with Gasteiger partial charge in [-0.1, -0.05) is 12.2 Å². The molecule has 7 heteroatoms. The highest BCUT2D eigenvalue weighted by Crippen LogP contribution is 2.46. The molecule has 0 aromatic heterocycles. The molecule has 3 amide bonds. The van der Waals surface area contributed by atoms with Crippen molar-refractivity contribution in [1.82, 2.24) is 4.90 Å². The van der Waals surface area contributed by atoms with Crippen molar-refractivity contribution in [2.45, 2.75) is 6.04 Å². The van der Waals surface area contributed by atoms with Gasteiger partial charge in [0, 0.05) is 7.05 Å². The number of hydrogen-bond acceptors (Lipinski definition) is 5. The summed E-state index contributed by atoms with van der Waals surface area (Å²) in [5, 5.41) is 0. The second-order valence-corrected chi connectivity index (χ2v) is 6.45. The smallest absolute Gasteiger partial charge is 0.337 e. The van der Waals surface area contributed by atoms with Crippen LogP contribution in [0.4, 0.5) is 5.69 Å². The van der Waals surface area contributed by atoms with Gasteiger partial charge in [-0.15, -0.1) is 0 Å². The lowest BCUT2D eigenvalue weighted by molar-refractivity contribution is -0.148. The number of imide groups is 1. The Morgan fingerprint density at radius 2 is 1.60 bits per heavy atom. The normalized spacial score (nSPS) is 30.1. The number of methoxy groups -OCH3 is 1. The number of amides is 3. The number of nitrogens with zero attached hydrogens (tertiary/aromatic N) is 2. The molecule has 2 bridgehead atoms. The first-order valence-corrected chi connectivity index (χ1v) is 7.97. The van der Waals surface area contributed by atoms with E-state index in [1.54, 1.807) is 30.2 Å². The van der Waals surface area contributed by atoms with Crippen LogP contribution in [-0.2, 0) is 19.1 Å². The molecule has 0 spiro atoms. The summed E-state index contributed by atoms with van der Waals surface area (Å²) in [6.45, 7) is 0. The van der Waals surface area contributed by atoms with Gasteiger partial charge in [-0.2, -0.15) is 0 Å². The van der Waals surface area contributed by atoms with E-state index in [-0.39, 0.29) is 17.7 Å². The minimum atomic E-state index is -0.647. The summed E-state index contributed by atoms with van der Waals surface area (Å²) in [4.78, 5) is 52.3. The molecular weight excluding hydrogens is 324 g/mol. The van der Waals surface area contributed by atoms with Crippen LogP contribution in [0.5, 0.6) is 0 Å². The molecule has 3 heterocycles. The molecule has 3 aliphatic heterocycles. The van der Waals surface area contributed by atoms with Crippen LogP contribution in [-0.4, -0.2) is 48.8 Å². The summed E-state index contributed by atoms with van der Waals surface area (Å²) >= 11 is 0. The second-order valence-electron chi connectivity index (χ2n) is 6.45. The number of fused-ring (bicyclic) bond motifs is 1. The van der Waals surface area contributed by atoms with Gasteiger partial charge in [0.2, 0.25) is 17.7 Å². The third-order valence-corrected chi connectivity index (χ3v) is 5.30. The van der Waals surface area contributed by atoms with Gasteiger partial charge in [-0.05, 0) is 24.3 Å². The number of piperidine rings is 1. The predicted octanol–water partition coefficient (Wildman–Crippen LogP) is 0.605. The summed E-state index contributed by atoms with van der Waals surface area (Å²) in [5.41, 5.74) is 0.728. The standard InChI is InChI=1S/C18H16N2O5/c1-19-12-8-7-11(15(19)21)13-14(12)17(23)20(16(13)22)10-5-3-9(4-6-10)18(24)25-2/h3-8,11-14H,1-2H3/t11-,12-,13-,14+/m0/s1. The zero-order valence-electron chi connectivity index (χ0n) is 13.7. The maximum absolute atomic E-state index is 12.9. The molecule has 2 saturated heterocycles. The van der Waals surface area contributed by atoms with E-state index in [0.29, 0.717) is 11.3 Å². The third-order valence-electron chi connectivity index (χ3n) is 5.30. The number of benzene rings is 1. The Morgan fingerprint density at radius 1 is 0.960 bits per heavy atom. The highest BCUT2D eigenvalue weighted by Gasteiger charge is 2.61. The molecule has 7 nitrogen and oxygen atoms in total. The van der Waals surface area contributed by atoms with Gasteiger partial charge in [-0.3, -0.25) is 14.4 Å². The molecule has 0 saturated carbocycles. The average molecular weight is 340 g/mol. The number of carbonyl (C=O) groups excluding carboxylic acids is 4. The van der Waals surface area contributed by atoms with Crippen LogP contribution < -0.4 is 4.90 Å². The van der Waals surface area contributed by atoms with Gasteiger partial charge in [0.1, 0.15) is 0 Å². The SMILES string of the molecule is COC(=O)c1ccc(N2C(=O)[C@@H]3[C@H](C2=O)[C@@H]2C=C[C@@H]3C(=O)N2C)cc1. The van der Waals surface area contributed by atoms with Crippen molar-refractivity contribution in [1.29, 1.82) is 0 Å². The van der Waals surface area contributed by atoms with E-state index in [2.05, 4.69) is 4.74 Å². The van der Waals surface area contributed by atoms with Gasteiger partial charge < -0.3 is 9.64 Å². The van der Waals surface area contributed by atoms with E-state index < -0.39 is 29.8 Å². The van der Waals surface area contributed by atoms with Gasteiger partial charge in [0.25, 0.3) is 0 Å². The summed E-state index contributed by atoms with van der Waals surface area (Å²) < 4.78 is 4.64. The Labute approximate surface area is 143 Å². The molecule has 0 N–H and O–H groups in total. The molecule has 0 radical (unpaired) electrons. The van der Waals surface area contributed by atoms with Crippen molar-refractivity contribution in [3.05, 3.63) is 42.0 Å². The Kier molecular flexibility index (Phi) is 3.28. The van der Waals surface area contributed by atoms with Crippen LogP contribution >= 0.6 is 0 Å². The van der Waals surface area contributed by atoms with Crippen LogP contribution in [0, 0.1) is 17.8 Å². The topological polar surface area (TPSA) is 84.0 Å². The number of likely N-dealkylation sites (N-methyl/N-ethyl adjacent to an activating group) is 1. The van der Waals surface area contributed by atoms with E-state index >= 15 is 0 Å². The molecule has 1 aromatic rings. The molecule has 4 aliphatic rings. The van der Waals surface area contributed by atoms with Crippen LogP contribution in [0.15, 0.2) is 36.4 Å². The molecule has 25 heavy (non-hydrogen) atoms. The maximum Gasteiger partial charge on any atom is 0.337 e. The van der Waals surface area contributed by atoms with E-state index in [1.165, 1.54) is 19.2 Å². The quantitative estimate of drug-likeness (QED) is 0.447. The largest absolute Gasteiger partial charge is 0.465 e. The fraction of sp³-hybridized carbons (Fsp3) is 0.333. The number of esters is 1. The molecule has 5 rings (SSSR count). The van der Waals surface area contributed by atoms with E-state index in [1.807, 2.05) is 6.08 Å². The monoisotopic (exact) mass is 340 g/mol. The van der Waals surface area contributed by atoms with E-state index in [4.69, 9.17) is 0 Å². The summed E-state index contributed by atoms with van der Waals surface area (Å²) in [7, 11) is 2.94. The van der Waals surface area contributed by atoms with E-state index in [9.17, 15) is 19.2 Å². The van der Waals surface area contributed by atoms with Crippen molar-refractivity contribution in [3.8, 4) is 0 Å². The Bertz CT molecular complexity index is 828. The highest BCUT2D eigenvalue weighted by atomic mass is 16.5. The third kappa shape index (κ3) is 1.98. The Hall–Kier alpha value is -2.96. The zero-order valence-corrected chi connectivity index (χ0v) is 13.7. The first-order chi connectivity index (χ1) is 12.0. The first kappa shape index (κ1) is 15.6. The minimum Gasteiger partial charge on any atom is -0.465 e. The lowest BCUT2D eigenvalue weighted by atomic mass is 9.70. The van der Waals surface area contributed by atoms with Crippen molar-refractivity contribution in [2.24, 2.45) is 17.8 Å². The number of rotatable bonds is 2. The van der Waals surface area contributed by atoms with Crippen molar-refractivity contribution >= 4 is 29.4 Å².